The van der Waals surface area contributed by atoms with E-state index in [2.05, 4.69) is 0 Å². The summed E-state index contributed by atoms with van der Waals surface area (Å²) in [6, 6.07) is 10.5. The van der Waals surface area contributed by atoms with Gasteiger partial charge < -0.3 is 0 Å². The van der Waals surface area contributed by atoms with Crippen LogP contribution in [0.4, 0.5) is 5.69 Å². The molecule has 1 aliphatic rings. The van der Waals surface area contributed by atoms with E-state index in [4.69, 9.17) is 11.6 Å². The maximum Gasteiger partial charge on any atom is 0.266 e. The molecule has 20 heavy (non-hydrogen) atoms. The summed E-state index contributed by atoms with van der Waals surface area (Å²) in [4.78, 5) is 26.1. The first-order valence-electron chi connectivity index (χ1n) is 6.24. The van der Waals surface area contributed by atoms with Crippen LogP contribution in [0.15, 0.2) is 36.4 Å². The molecular weight excluding hydrogens is 274 g/mol. The third-order valence-corrected chi connectivity index (χ3v) is 3.70. The maximum atomic E-state index is 12.5. The second-order valence-electron chi connectivity index (χ2n) is 4.95. The van der Waals surface area contributed by atoms with E-state index in [0.29, 0.717) is 21.8 Å². The Morgan fingerprint density at radius 3 is 2.20 bits per heavy atom. The molecule has 0 aromatic heterocycles. The Kier molecular flexibility index (Phi) is 2.87. The van der Waals surface area contributed by atoms with Crippen LogP contribution >= 0.6 is 11.6 Å². The van der Waals surface area contributed by atoms with Crippen LogP contribution in [0.5, 0.6) is 0 Å². The van der Waals surface area contributed by atoms with Crippen molar-refractivity contribution in [1.29, 1.82) is 0 Å². The van der Waals surface area contributed by atoms with Crippen LogP contribution in [0.3, 0.4) is 0 Å². The lowest BCUT2D eigenvalue weighted by Crippen LogP contribution is -2.29. The molecule has 2 aromatic carbocycles. The highest BCUT2D eigenvalue weighted by Crippen LogP contribution is 2.34. The van der Waals surface area contributed by atoms with E-state index in [9.17, 15) is 9.59 Å². The third-order valence-electron chi connectivity index (χ3n) is 3.38. The van der Waals surface area contributed by atoms with Crippen molar-refractivity contribution in [2.24, 2.45) is 0 Å². The van der Waals surface area contributed by atoms with Crippen molar-refractivity contribution in [3.8, 4) is 0 Å². The summed E-state index contributed by atoms with van der Waals surface area (Å²) in [5.41, 5.74) is 3.19. The largest absolute Gasteiger partial charge is 0.268 e. The van der Waals surface area contributed by atoms with E-state index in [1.165, 1.54) is 0 Å². The van der Waals surface area contributed by atoms with E-state index < -0.39 is 0 Å². The lowest BCUT2D eigenvalue weighted by Gasteiger charge is -2.16. The number of halogens is 1. The van der Waals surface area contributed by atoms with Gasteiger partial charge >= 0.3 is 0 Å². The van der Waals surface area contributed by atoms with Crippen LogP contribution in [0.25, 0.3) is 0 Å². The standard InChI is InChI=1S/C16H12ClNO2/c1-9-3-5-11-12(7-9)16(20)18(15(11)19)14-8-10(2)4-6-13(14)17/h3-8H,1-2H3. The summed E-state index contributed by atoms with van der Waals surface area (Å²) in [6.45, 7) is 3.78. The predicted octanol–water partition coefficient (Wildman–Crippen LogP) is 3.76. The number of rotatable bonds is 1. The zero-order valence-corrected chi connectivity index (χ0v) is 11.9. The van der Waals surface area contributed by atoms with Crippen LogP contribution < -0.4 is 4.90 Å². The van der Waals surface area contributed by atoms with Crippen LogP contribution in [0.1, 0.15) is 31.8 Å². The van der Waals surface area contributed by atoms with Crippen molar-refractivity contribution in [3.05, 3.63) is 63.7 Å². The molecule has 1 heterocycles. The van der Waals surface area contributed by atoms with Crippen LogP contribution in [0, 0.1) is 13.8 Å². The molecule has 0 saturated heterocycles. The smallest absolute Gasteiger partial charge is 0.266 e. The monoisotopic (exact) mass is 285 g/mol. The van der Waals surface area contributed by atoms with Crippen molar-refractivity contribution in [3.63, 3.8) is 0 Å². The lowest BCUT2D eigenvalue weighted by molar-refractivity contribution is 0.0926. The fraction of sp³-hybridized carbons (Fsp3) is 0.125. The Bertz CT molecular complexity index is 752. The average molecular weight is 286 g/mol. The number of amides is 2. The molecule has 0 fully saturated rings. The van der Waals surface area contributed by atoms with Crippen LogP contribution in [-0.2, 0) is 0 Å². The number of nitrogens with zero attached hydrogens (tertiary/aromatic N) is 1. The van der Waals surface area contributed by atoms with E-state index in [0.717, 1.165) is 16.0 Å². The molecule has 0 aliphatic carbocycles. The summed E-state index contributed by atoms with van der Waals surface area (Å²) >= 11 is 6.13. The van der Waals surface area contributed by atoms with Gasteiger partial charge in [0.1, 0.15) is 0 Å². The number of aryl methyl sites for hydroxylation is 2. The number of fused-ring (bicyclic) bond motifs is 1. The first kappa shape index (κ1) is 12.9. The number of benzene rings is 2. The number of anilines is 1. The zero-order chi connectivity index (χ0) is 14.4. The quantitative estimate of drug-likeness (QED) is 0.748. The van der Waals surface area contributed by atoms with Gasteiger partial charge in [0.2, 0.25) is 0 Å². The molecule has 2 amide bonds. The Hall–Kier alpha value is -2.13. The van der Waals surface area contributed by atoms with Gasteiger partial charge in [-0.3, -0.25) is 9.59 Å². The van der Waals surface area contributed by atoms with Crippen molar-refractivity contribution in [2.75, 3.05) is 4.90 Å². The van der Waals surface area contributed by atoms with Gasteiger partial charge in [-0.05, 0) is 43.7 Å². The molecule has 0 radical (unpaired) electrons. The molecule has 4 heteroatoms. The maximum absolute atomic E-state index is 12.5. The normalized spacial score (nSPS) is 13.8. The molecule has 3 nitrogen and oxygen atoms in total. The van der Waals surface area contributed by atoms with Gasteiger partial charge in [0.15, 0.2) is 0 Å². The van der Waals surface area contributed by atoms with Crippen molar-refractivity contribution in [2.45, 2.75) is 13.8 Å². The molecule has 0 saturated carbocycles. The van der Waals surface area contributed by atoms with Crippen LogP contribution in [0.2, 0.25) is 5.02 Å². The molecule has 0 N–H and O–H groups in total. The van der Waals surface area contributed by atoms with Crippen LogP contribution in [-0.4, -0.2) is 11.8 Å². The Labute approximate surface area is 121 Å². The van der Waals surface area contributed by atoms with Gasteiger partial charge in [-0.1, -0.05) is 29.3 Å². The summed E-state index contributed by atoms with van der Waals surface area (Å²) in [5.74, 6) is -0.640. The number of hydrogen-bond donors (Lipinski definition) is 0. The van der Waals surface area contributed by atoms with Gasteiger partial charge in [0.05, 0.1) is 21.8 Å². The molecule has 1 aliphatic heterocycles. The molecule has 100 valence electrons. The molecule has 0 atom stereocenters. The fourth-order valence-corrected chi connectivity index (χ4v) is 2.57. The van der Waals surface area contributed by atoms with Crippen molar-refractivity contribution >= 4 is 29.1 Å². The Morgan fingerprint density at radius 1 is 0.850 bits per heavy atom. The average Bonchev–Trinajstić information content (AvgIpc) is 2.65. The van der Waals surface area contributed by atoms with E-state index in [1.54, 1.807) is 24.3 Å². The predicted molar refractivity (Wildman–Crippen MR) is 78.5 cm³/mol. The van der Waals surface area contributed by atoms with Gasteiger partial charge in [0.25, 0.3) is 11.8 Å². The Morgan fingerprint density at radius 2 is 1.45 bits per heavy atom. The van der Waals surface area contributed by atoms with Gasteiger partial charge in [-0.2, -0.15) is 0 Å². The zero-order valence-electron chi connectivity index (χ0n) is 11.1. The van der Waals surface area contributed by atoms with Crippen molar-refractivity contribution in [1.82, 2.24) is 0 Å². The number of carbonyl (C=O) groups is 2. The first-order valence-corrected chi connectivity index (χ1v) is 6.62. The van der Waals surface area contributed by atoms with Gasteiger partial charge in [-0.15, -0.1) is 0 Å². The minimum absolute atomic E-state index is 0.318. The minimum Gasteiger partial charge on any atom is -0.268 e. The molecule has 3 rings (SSSR count). The summed E-state index contributed by atoms with van der Waals surface area (Å²) in [6.07, 6.45) is 0. The number of imide groups is 1. The van der Waals surface area contributed by atoms with Gasteiger partial charge in [-0.25, -0.2) is 4.90 Å². The number of carbonyl (C=O) groups excluding carboxylic acids is 2. The van der Waals surface area contributed by atoms with E-state index in [1.807, 2.05) is 26.0 Å². The molecule has 0 bridgehead atoms. The summed E-state index contributed by atoms with van der Waals surface area (Å²) < 4.78 is 0. The highest BCUT2D eigenvalue weighted by atomic mass is 35.5. The highest BCUT2D eigenvalue weighted by Gasteiger charge is 2.37. The molecule has 0 spiro atoms. The van der Waals surface area contributed by atoms with E-state index in [-0.39, 0.29) is 11.8 Å². The van der Waals surface area contributed by atoms with E-state index >= 15 is 0 Å². The molecule has 2 aromatic rings. The first-order chi connectivity index (χ1) is 9.49. The highest BCUT2D eigenvalue weighted by molar-refractivity contribution is 6.39. The Balaban J connectivity index is 2.16. The fourth-order valence-electron chi connectivity index (χ4n) is 2.37. The topological polar surface area (TPSA) is 37.4 Å². The third kappa shape index (κ3) is 1.82. The molecular formula is C16H12ClNO2. The SMILES string of the molecule is Cc1ccc2c(c1)C(=O)N(c1cc(C)ccc1Cl)C2=O. The minimum atomic E-state index is -0.322. The van der Waals surface area contributed by atoms with Gasteiger partial charge in [0, 0.05) is 0 Å². The van der Waals surface area contributed by atoms with Crippen molar-refractivity contribution < 1.29 is 9.59 Å². The second kappa shape index (κ2) is 4.46. The summed E-state index contributed by atoms with van der Waals surface area (Å²) in [5, 5.41) is 0.391. The molecule has 0 unspecified atom stereocenters. The second-order valence-corrected chi connectivity index (χ2v) is 5.36. The lowest BCUT2D eigenvalue weighted by atomic mass is 10.1. The summed E-state index contributed by atoms with van der Waals surface area (Å²) in [7, 11) is 0. The number of hydrogen-bond acceptors (Lipinski definition) is 2.